The Labute approximate surface area is 133 Å². The number of amides is 1. The van der Waals surface area contributed by atoms with E-state index in [9.17, 15) is 14.9 Å². The van der Waals surface area contributed by atoms with Crippen LogP contribution in [0.4, 0.5) is 11.4 Å². The fourth-order valence-corrected chi connectivity index (χ4v) is 2.30. The van der Waals surface area contributed by atoms with Gasteiger partial charge < -0.3 is 5.32 Å². The van der Waals surface area contributed by atoms with E-state index in [0.717, 1.165) is 5.56 Å². The summed E-state index contributed by atoms with van der Waals surface area (Å²) in [5, 5.41) is 13.6. The van der Waals surface area contributed by atoms with Gasteiger partial charge in [0.1, 0.15) is 0 Å². The van der Waals surface area contributed by atoms with E-state index in [1.807, 2.05) is 0 Å². The Morgan fingerprint density at radius 1 is 1.43 bits per heavy atom. The van der Waals surface area contributed by atoms with Crippen molar-refractivity contribution in [2.75, 3.05) is 5.32 Å². The quantitative estimate of drug-likeness (QED) is 0.503. The fourth-order valence-electron chi connectivity index (χ4n) is 1.65. The van der Waals surface area contributed by atoms with Crippen molar-refractivity contribution < 1.29 is 9.72 Å². The first-order valence-corrected chi connectivity index (χ1v) is 6.93. The van der Waals surface area contributed by atoms with Crippen LogP contribution in [0.5, 0.6) is 0 Å². The zero-order valence-corrected chi connectivity index (χ0v) is 13.1. The van der Waals surface area contributed by atoms with Gasteiger partial charge in [0, 0.05) is 17.8 Å². The Morgan fingerprint density at radius 2 is 2.14 bits per heavy atom. The highest BCUT2D eigenvalue weighted by Crippen LogP contribution is 2.27. The molecule has 0 bridgehead atoms. The Kier molecular flexibility index (Phi) is 4.54. The lowest BCUT2D eigenvalue weighted by Gasteiger charge is -2.09. The van der Waals surface area contributed by atoms with Crippen LogP contribution in [-0.2, 0) is 0 Å². The molecule has 1 aromatic carbocycles. The summed E-state index contributed by atoms with van der Waals surface area (Å²) in [4.78, 5) is 26.4. The Balaban J connectivity index is 2.33. The first kappa shape index (κ1) is 15.4. The number of nitrogens with zero attached hydrogens (tertiary/aromatic N) is 2. The minimum atomic E-state index is -0.566. The normalized spacial score (nSPS) is 10.2. The van der Waals surface area contributed by atoms with E-state index in [4.69, 9.17) is 11.6 Å². The molecule has 108 valence electrons. The number of nitro benzene ring substituents is 1. The van der Waals surface area contributed by atoms with Gasteiger partial charge in [0.25, 0.3) is 11.6 Å². The molecule has 8 heteroatoms. The number of aryl methyl sites for hydroxylation is 1. The van der Waals surface area contributed by atoms with Gasteiger partial charge in [-0.15, -0.1) is 0 Å². The minimum absolute atomic E-state index is 0.157. The number of rotatable bonds is 3. The second-order valence-corrected chi connectivity index (χ2v) is 5.38. The zero-order chi connectivity index (χ0) is 15.6. The number of anilines is 1. The van der Waals surface area contributed by atoms with Gasteiger partial charge in [-0.05, 0) is 46.6 Å². The first-order valence-electron chi connectivity index (χ1n) is 5.76. The van der Waals surface area contributed by atoms with Crippen molar-refractivity contribution in [3.05, 3.63) is 61.3 Å². The van der Waals surface area contributed by atoms with Crippen LogP contribution in [0, 0.1) is 17.0 Å². The van der Waals surface area contributed by atoms with Gasteiger partial charge in [0.2, 0.25) is 0 Å². The van der Waals surface area contributed by atoms with Crippen LogP contribution < -0.4 is 5.32 Å². The number of aromatic nitrogens is 1. The van der Waals surface area contributed by atoms with Crippen molar-refractivity contribution >= 4 is 44.8 Å². The number of nitro groups is 1. The van der Waals surface area contributed by atoms with Crippen molar-refractivity contribution in [3.63, 3.8) is 0 Å². The standard InChI is InChI=1S/C13H9BrClN3O3/c1-7-4-5-16-12(15)11(7)17-13(19)8-2-3-9(14)10(6-8)18(20)21/h2-6H,1H3,(H,17,19). The molecule has 6 nitrogen and oxygen atoms in total. The number of nitrogens with one attached hydrogen (secondary N) is 1. The minimum Gasteiger partial charge on any atom is -0.319 e. The Hall–Kier alpha value is -1.99. The van der Waals surface area contributed by atoms with E-state index in [1.165, 1.54) is 24.4 Å². The summed E-state index contributed by atoms with van der Waals surface area (Å²) < 4.78 is 0.305. The molecule has 1 aromatic heterocycles. The van der Waals surface area contributed by atoms with Crippen LogP contribution in [0.3, 0.4) is 0 Å². The van der Waals surface area contributed by atoms with E-state index in [-0.39, 0.29) is 16.4 Å². The van der Waals surface area contributed by atoms with Gasteiger partial charge in [-0.25, -0.2) is 4.98 Å². The second-order valence-electron chi connectivity index (χ2n) is 4.17. The molecule has 0 saturated carbocycles. The molecule has 0 saturated heterocycles. The van der Waals surface area contributed by atoms with E-state index >= 15 is 0 Å². The van der Waals surface area contributed by atoms with Gasteiger partial charge in [-0.3, -0.25) is 14.9 Å². The Morgan fingerprint density at radius 3 is 2.76 bits per heavy atom. The molecule has 2 rings (SSSR count). The molecule has 0 fully saturated rings. The van der Waals surface area contributed by atoms with Gasteiger partial charge in [-0.1, -0.05) is 11.6 Å². The Bertz CT molecular complexity index is 716. The predicted molar refractivity (Wildman–Crippen MR) is 82.7 cm³/mol. The molecular formula is C13H9BrClN3O3. The molecule has 21 heavy (non-hydrogen) atoms. The summed E-state index contributed by atoms with van der Waals surface area (Å²) in [6.07, 6.45) is 1.53. The van der Waals surface area contributed by atoms with Gasteiger partial charge in [-0.2, -0.15) is 0 Å². The monoisotopic (exact) mass is 369 g/mol. The average molecular weight is 371 g/mol. The third-order valence-electron chi connectivity index (χ3n) is 2.76. The van der Waals surface area contributed by atoms with E-state index in [2.05, 4.69) is 26.2 Å². The number of pyridine rings is 1. The molecule has 0 spiro atoms. The van der Waals surface area contributed by atoms with E-state index < -0.39 is 10.8 Å². The summed E-state index contributed by atoms with van der Waals surface area (Å²) in [5.41, 5.74) is 1.10. The zero-order valence-electron chi connectivity index (χ0n) is 10.8. The van der Waals surface area contributed by atoms with Gasteiger partial charge in [0.15, 0.2) is 5.15 Å². The molecule has 0 radical (unpaired) electrons. The van der Waals surface area contributed by atoms with Crippen LogP contribution in [0.25, 0.3) is 0 Å². The maximum atomic E-state index is 12.2. The SMILES string of the molecule is Cc1ccnc(Cl)c1NC(=O)c1ccc(Br)c([N+](=O)[O-])c1. The molecule has 1 heterocycles. The number of benzene rings is 1. The molecular weight excluding hydrogens is 362 g/mol. The van der Waals surface area contributed by atoms with Crippen molar-refractivity contribution in [2.45, 2.75) is 6.92 Å². The van der Waals surface area contributed by atoms with Gasteiger partial charge in [0.05, 0.1) is 15.1 Å². The van der Waals surface area contributed by atoms with Crippen LogP contribution >= 0.6 is 27.5 Å². The molecule has 1 amide bonds. The summed E-state index contributed by atoms with van der Waals surface area (Å²) in [6.45, 7) is 1.77. The second kappa shape index (κ2) is 6.19. The highest BCUT2D eigenvalue weighted by atomic mass is 79.9. The van der Waals surface area contributed by atoms with Crippen molar-refractivity contribution in [2.24, 2.45) is 0 Å². The number of carbonyl (C=O) groups is 1. The van der Waals surface area contributed by atoms with Crippen molar-refractivity contribution in [1.29, 1.82) is 0 Å². The van der Waals surface area contributed by atoms with Crippen LogP contribution in [0.15, 0.2) is 34.9 Å². The molecule has 0 aliphatic heterocycles. The highest BCUT2D eigenvalue weighted by molar-refractivity contribution is 9.10. The molecule has 0 atom stereocenters. The maximum absolute atomic E-state index is 12.2. The largest absolute Gasteiger partial charge is 0.319 e. The smallest absolute Gasteiger partial charge is 0.284 e. The topological polar surface area (TPSA) is 85.1 Å². The molecule has 0 aliphatic rings. The summed E-state index contributed by atoms with van der Waals surface area (Å²) in [7, 11) is 0. The van der Waals surface area contributed by atoms with Crippen molar-refractivity contribution in [3.8, 4) is 0 Å². The summed E-state index contributed by atoms with van der Waals surface area (Å²) in [6, 6.07) is 5.82. The van der Waals surface area contributed by atoms with E-state index in [0.29, 0.717) is 10.2 Å². The van der Waals surface area contributed by atoms with E-state index in [1.54, 1.807) is 13.0 Å². The fraction of sp³-hybridized carbons (Fsp3) is 0.0769. The lowest BCUT2D eigenvalue weighted by Crippen LogP contribution is -2.13. The lowest BCUT2D eigenvalue weighted by molar-refractivity contribution is -0.385. The first-order chi connectivity index (χ1) is 9.90. The molecule has 1 N–H and O–H groups in total. The highest BCUT2D eigenvalue weighted by Gasteiger charge is 2.17. The predicted octanol–water partition coefficient (Wildman–Crippen LogP) is 3.97. The third kappa shape index (κ3) is 3.37. The molecule has 2 aromatic rings. The van der Waals surface area contributed by atoms with Crippen molar-refractivity contribution in [1.82, 2.24) is 4.98 Å². The summed E-state index contributed by atoms with van der Waals surface area (Å²) >= 11 is 8.99. The number of halogens is 2. The lowest BCUT2D eigenvalue weighted by atomic mass is 10.1. The molecule has 0 aliphatic carbocycles. The number of hydrogen-bond donors (Lipinski definition) is 1. The number of hydrogen-bond acceptors (Lipinski definition) is 4. The van der Waals surface area contributed by atoms with Gasteiger partial charge >= 0.3 is 0 Å². The third-order valence-corrected chi connectivity index (χ3v) is 3.71. The van der Waals surface area contributed by atoms with Crippen LogP contribution in [0.1, 0.15) is 15.9 Å². The maximum Gasteiger partial charge on any atom is 0.284 e. The summed E-state index contributed by atoms with van der Waals surface area (Å²) in [5.74, 6) is -0.497. The van der Waals surface area contributed by atoms with Crippen LogP contribution in [-0.4, -0.2) is 15.8 Å². The van der Waals surface area contributed by atoms with Crippen LogP contribution in [0.2, 0.25) is 5.15 Å². The molecule has 0 unspecified atom stereocenters. The number of carbonyl (C=O) groups excluding carboxylic acids is 1. The average Bonchev–Trinajstić information content (AvgIpc) is 2.43.